The molecule has 0 saturated carbocycles. The number of anilines is 1. The van der Waals surface area contributed by atoms with Gasteiger partial charge in [-0.3, -0.25) is 0 Å². The van der Waals surface area contributed by atoms with E-state index in [0.717, 1.165) is 40.2 Å². The first-order valence-corrected chi connectivity index (χ1v) is 7.88. The molecule has 1 aromatic carbocycles. The predicted molar refractivity (Wildman–Crippen MR) is 85.4 cm³/mol. The van der Waals surface area contributed by atoms with Crippen molar-refractivity contribution in [3.63, 3.8) is 0 Å². The molecule has 5 heteroatoms. The summed E-state index contributed by atoms with van der Waals surface area (Å²) in [5, 5.41) is 3.08. The van der Waals surface area contributed by atoms with Gasteiger partial charge in [-0.25, -0.2) is 9.97 Å². The zero-order valence-electron chi connectivity index (χ0n) is 11.5. The highest BCUT2D eigenvalue weighted by Crippen LogP contribution is 2.37. The summed E-state index contributed by atoms with van der Waals surface area (Å²) in [7, 11) is 0. The average Bonchev–Trinajstić information content (AvgIpc) is 3.17. The van der Waals surface area contributed by atoms with Gasteiger partial charge in [0.25, 0.3) is 0 Å². The number of hydrogen-bond acceptors (Lipinski definition) is 5. The van der Waals surface area contributed by atoms with E-state index in [1.165, 1.54) is 0 Å². The standard InChI is InChI=1S/C16H15N3OS/c17-14-13-12(10-4-2-1-3-5-10)9-21-16(13)19-15(18-14)11-6-7-20-8-11/h1-5,9,11H,6-8H2,(H2,17,18,19). The third-order valence-corrected chi connectivity index (χ3v) is 4.73. The monoisotopic (exact) mass is 297 g/mol. The third kappa shape index (κ3) is 2.18. The summed E-state index contributed by atoms with van der Waals surface area (Å²) in [6.07, 6.45) is 0.974. The Kier molecular flexibility index (Phi) is 3.09. The SMILES string of the molecule is Nc1nc(C2CCOC2)nc2scc(-c3ccccc3)c12. The van der Waals surface area contributed by atoms with Gasteiger partial charge in [0, 0.05) is 23.5 Å². The molecule has 4 nitrogen and oxygen atoms in total. The third-order valence-electron chi connectivity index (χ3n) is 3.86. The van der Waals surface area contributed by atoms with Gasteiger partial charge in [0.2, 0.25) is 0 Å². The molecule has 106 valence electrons. The van der Waals surface area contributed by atoms with Crippen LogP contribution in [0.25, 0.3) is 21.3 Å². The summed E-state index contributed by atoms with van der Waals surface area (Å²) in [6.45, 7) is 1.48. The maximum atomic E-state index is 6.22. The lowest BCUT2D eigenvalue weighted by molar-refractivity contribution is 0.193. The zero-order valence-corrected chi connectivity index (χ0v) is 12.3. The summed E-state index contributed by atoms with van der Waals surface area (Å²) in [5.41, 5.74) is 8.48. The normalized spacial score (nSPS) is 18.4. The number of benzene rings is 1. The minimum absolute atomic E-state index is 0.277. The maximum Gasteiger partial charge on any atom is 0.137 e. The summed E-state index contributed by atoms with van der Waals surface area (Å²) in [4.78, 5) is 10.2. The van der Waals surface area contributed by atoms with Crippen molar-refractivity contribution in [2.24, 2.45) is 0 Å². The van der Waals surface area contributed by atoms with E-state index in [1.54, 1.807) is 11.3 Å². The van der Waals surface area contributed by atoms with Crippen molar-refractivity contribution < 1.29 is 4.74 Å². The molecule has 3 heterocycles. The topological polar surface area (TPSA) is 61.0 Å². The molecule has 2 N–H and O–H groups in total. The molecular formula is C16H15N3OS. The highest BCUT2D eigenvalue weighted by molar-refractivity contribution is 7.17. The highest BCUT2D eigenvalue weighted by atomic mass is 32.1. The number of fused-ring (bicyclic) bond motifs is 1. The molecule has 1 unspecified atom stereocenters. The first kappa shape index (κ1) is 12.7. The van der Waals surface area contributed by atoms with Crippen LogP contribution in [0, 0.1) is 0 Å². The van der Waals surface area contributed by atoms with E-state index in [1.807, 2.05) is 18.2 Å². The fourth-order valence-corrected chi connectivity index (χ4v) is 3.70. The molecule has 1 fully saturated rings. The van der Waals surface area contributed by atoms with Crippen LogP contribution in [0.4, 0.5) is 5.82 Å². The van der Waals surface area contributed by atoms with Gasteiger partial charge >= 0.3 is 0 Å². The van der Waals surface area contributed by atoms with Crippen molar-refractivity contribution in [3.05, 3.63) is 41.5 Å². The molecule has 1 aliphatic rings. The van der Waals surface area contributed by atoms with Crippen LogP contribution in [0.2, 0.25) is 0 Å². The van der Waals surface area contributed by atoms with Crippen LogP contribution < -0.4 is 5.73 Å². The molecule has 1 aliphatic heterocycles. The van der Waals surface area contributed by atoms with E-state index in [9.17, 15) is 0 Å². The number of rotatable bonds is 2. The molecule has 1 atom stereocenters. The Labute approximate surface area is 126 Å². The molecule has 4 rings (SSSR count). The second-order valence-electron chi connectivity index (χ2n) is 5.22. The largest absolute Gasteiger partial charge is 0.383 e. The van der Waals surface area contributed by atoms with Crippen LogP contribution in [-0.4, -0.2) is 23.2 Å². The Morgan fingerprint density at radius 1 is 1.19 bits per heavy atom. The number of nitrogens with zero attached hydrogens (tertiary/aromatic N) is 2. The quantitative estimate of drug-likeness (QED) is 0.787. The molecule has 2 aromatic heterocycles. The van der Waals surface area contributed by atoms with Crippen LogP contribution >= 0.6 is 11.3 Å². The van der Waals surface area contributed by atoms with E-state index in [0.29, 0.717) is 12.4 Å². The second-order valence-corrected chi connectivity index (χ2v) is 6.08. The zero-order chi connectivity index (χ0) is 14.2. The molecule has 0 bridgehead atoms. The van der Waals surface area contributed by atoms with E-state index < -0.39 is 0 Å². The van der Waals surface area contributed by atoms with Crippen LogP contribution in [0.3, 0.4) is 0 Å². The Hall–Kier alpha value is -1.98. The van der Waals surface area contributed by atoms with Crippen molar-refractivity contribution in [2.75, 3.05) is 18.9 Å². The molecule has 3 aromatic rings. The van der Waals surface area contributed by atoms with Gasteiger partial charge in [0.15, 0.2) is 0 Å². The van der Waals surface area contributed by atoms with Crippen LogP contribution in [0.1, 0.15) is 18.2 Å². The number of thiophene rings is 1. The first-order chi connectivity index (χ1) is 10.3. The fourth-order valence-electron chi connectivity index (χ4n) is 2.74. The predicted octanol–water partition coefficient (Wildman–Crippen LogP) is 3.44. The van der Waals surface area contributed by atoms with Crippen molar-refractivity contribution in [3.8, 4) is 11.1 Å². The van der Waals surface area contributed by atoms with Gasteiger partial charge in [0.05, 0.1) is 12.0 Å². The molecule has 0 radical (unpaired) electrons. The minimum atomic E-state index is 0.277. The lowest BCUT2D eigenvalue weighted by atomic mass is 10.1. The van der Waals surface area contributed by atoms with Crippen LogP contribution in [0.5, 0.6) is 0 Å². The fraction of sp³-hybridized carbons (Fsp3) is 0.250. The molecule has 21 heavy (non-hydrogen) atoms. The average molecular weight is 297 g/mol. The number of nitrogen functional groups attached to an aromatic ring is 1. The Morgan fingerprint density at radius 2 is 2.05 bits per heavy atom. The molecule has 0 amide bonds. The van der Waals surface area contributed by atoms with E-state index >= 15 is 0 Å². The van der Waals surface area contributed by atoms with Gasteiger partial charge in [-0.1, -0.05) is 30.3 Å². The summed E-state index contributed by atoms with van der Waals surface area (Å²) in [5.74, 6) is 1.67. The van der Waals surface area contributed by atoms with Crippen molar-refractivity contribution in [1.29, 1.82) is 0 Å². The van der Waals surface area contributed by atoms with Gasteiger partial charge in [-0.2, -0.15) is 0 Å². The lowest BCUT2D eigenvalue weighted by Crippen LogP contribution is -2.06. The highest BCUT2D eigenvalue weighted by Gasteiger charge is 2.23. The summed E-state index contributed by atoms with van der Waals surface area (Å²) in [6, 6.07) is 10.2. The molecule has 1 saturated heterocycles. The summed E-state index contributed by atoms with van der Waals surface area (Å²) < 4.78 is 5.42. The first-order valence-electron chi connectivity index (χ1n) is 7.00. The van der Waals surface area contributed by atoms with Crippen LogP contribution in [-0.2, 0) is 4.74 Å². The maximum absolute atomic E-state index is 6.22. The van der Waals surface area contributed by atoms with Gasteiger partial charge in [0.1, 0.15) is 16.5 Å². The van der Waals surface area contributed by atoms with Gasteiger partial charge < -0.3 is 10.5 Å². The Bertz CT molecular complexity index is 779. The van der Waals surface area contributed by atoms with Gasteiger partial charge in [-0.05, 0) is 12.0 Å². The molecular weight excluding hydrogens is 282 g/mol. The second kappa shape index (κ2) is 5.09. The van der Waals surface area contributed by atoms with Crippen molar-refractivity contribution in [2.45, 2.75) is 12.3 Å². The minimum Gasteiger partial charge on any atom is -0.383 e. The number of ether oxygens (including phenoxy) is 1. The van der Waals surface area contributed by atoms with Crippen molar-refractivity contribution in [1.82, 2.24) is 9.97 Å². The van der Waals surface area contributed by atoms with Crippen LogP contribution in [0.15, 0.2) is 35.7 Å². The lowest BCUT2D eigenvalue weighted by Gasteiger charge is -2.08. The number of hydrogen-bond donors (Lipinski definition) is 1. The van der Waals surface area contributed by atoms with E-state index in [2.05, 4.69) is 22.5 Å². The van der Waals surface area contributed by atoms with E-state index in [4.69, 9.17) is 15.5 Å². The van der Waals surface area contributed by atoms with Crippen molar-refractivity contribution >= 4 is 27.4 Å². The number of nitrogens with two attached hydrogens (primary N) is 1. The van der Waals surface area contributed by atoms with Gasteiger partial charge in [-0.15, -0.1) is 11.3 Å². The Balaban J connectivity index is 1.85. The Morgan fingerprint density at radius 3 is 2.81 bits per heavy atom. The summed E-state index contributed by atoms with van der Waals surface area (Å²) >= 11 is 1.62. The number of aromatic nitrogens is 2. The van der Waals surface area contributed by atoms with E-state index in [-0.39, 0.29) is 5.92 Å². The smallest absolute Gasteiger partial charge is 0.137 e. The molecule has 0 aliphatic carbocycles. The molecule has 0 spiro atoms.